The van der Waals surface area contributed by atoms with Crippen molar-refractivity contribution in [1.29, 1.82) is 0 Å². The van der Waals surface area contributed by atoms with Crippen LogP contribution in [0.25, 0.3) is 0 Å². The van der Waals surface area contributed by atoms with Gasteiger partial charge in [0.2, 0.25) is 0 Å². The van der Waals surface area contributed by atoms with Crippen LogP contribution in [-0.4, -0.2) is 17.7 Å². The van der Waals surface area contributed by atoms with E-state index in [0.29, 0.717) is 0 Å². The fourth-order valence-electron chi connectivity index (χ4n) is 1.84. The molecular formula is C10H13F3N2S. The Morgan fingerprint density at radius 1 is 1.44 bits per heavy atom. The highest BCUT2D eigenvalue weighted by molar-refractivity contribution is 7.09. The van der Waals surface area contributed by atoms with Gasteiger partial charge in [0.25, 0.3) is 0 Å². The summed E-state index contributed by atoms with van der Waals surface area (Å²) in [6.45, 7) is 0.927. The predicted octanol–water partition coefficient (Wildman–Crippen LogP) is 3.06. The van der Waals surface area contributed by atoms with E-state index in [2.05, 4.69) is 10.3 Å². The van der Waals surface area contributed by atoms with Crippen LogP contribution in [-0.2, 0) is 6.42 Å². The Kier molecular flexibility index (Phi) is 3.49. The first-order valence-corrected chi connectivity index (χ1v) is 6.17. The van der Waals surface area contributed by atoms with Crippen molar-refractivity contribution in [3.05, 3.63) is 16.1 Å². The van der Waals surface area contributed by atoms with Gasteiger partial charge in [-0.15, -0.1) is 11.3 Å². The van der Waals surface area contributed by atoms with Gasteiger partial charge in [-0.05, 0) is 19.4 Å². The van der Waals surface area contributed by atoms with Crippen molar-refractivity contribution in [2.24, 2.45) is 0 Å². The Balaban J connectivity index is 2.01. The molecule has 0 aliphatic carbocycles. The number of rotatable bonds is 2. The van der Waals surface area contributed by atoms with Gasteiger partial charge in [-0.2, -0.15) is 13.2 Å². The minimum atomic E-state index is -4.16. The minimum Gasteiger partial charge on any atom is -0.309 e. The Labute approximate surface area is 95.9 Å². The molecule has 1 aromatic heterocycles. The molecule has 1 aliphatic rings. The maximum Gasteiger partial charge on any atom is 0.395 e. The summed E-state index contributed by atoms with van der Waals surface area (Å²) in [5.41, 5.74) is 0.768. The van der Waals surface area contributed by atoms with Crippen LogP contribution in [0.2, 0.25) is 0 Å². The molecule has 16 heavy (non-hydrogen) atoms. The SMILES string of the molecule is FC(F)(F)Cc1nc(C2CCCCN2)cs1. The van der Waals surface area contributed by atoms with Crippen molar-refractivity contribution in [1.82, 2.24) is 10.3 Å². The van der Waals surface area contributed by atoms with Crippen LogP contribution in [0.1, 0.15) is 36.0 Å². The van der Waals surface area contributed by atoms with E-state index >= 15 is 0 Å². The molecule has 0 amide bonds. The molecular weight excluding hydrogens is 237 g/mol. The fraction of sp³-hybridized carbons (Fsp3) is 0.700. The zero-order chi connectivity index (χ0) is 11.6. The van der Waals surface area contributed by atoms with E-state index in [-0.39, 0.29) is 11.0 Å². The van der Waals surface area contributed by atoms with E-state index in [1.165, 1.54) is 0 Å². The molecule has 1 saturated heterocycles. The fourth-order valence-corrected chi connectivity index (χ4v) is 2.72. The number of thiazole rings is 1. The molecule has 90 valence electrons. The van der Waals surface area contributed by atoms with Crippen molar-refractivity contribution >= 4 is 11.3 Å². The molecule has 0 spiro atoms. The highest BCUT2D eigenvalue weighted by Gasteiger charge is 2.30. The molecule has 0 saturated carbocycles. The lowest BCUT2D eigenvalue weighted by Crippen LogP contribution is -2.27. The summed E-state index contributed by atoms with van der Waals surface area (Å²) < 4.78 is 36.4. The van der Waals surface area contributed by atoms with Gasteiger partial charge in [0.1, 0.15) is 5.01 Å². The molecule has 0 radical (unpaired) electrons. The number of halogens is 3. The van der Waals surface area contributed by atoms with E-state index in [1.807, 2.05) is 0 Å². The van der Waals surface area contributed by atoms with Crippen LogP contribution >= 0.6 is 11.3 Å². The van der Waals surface area contributed by atoms with Gasteiger partial charge in [0, 0.05) is 5.38 Å². The summed E-state index contributed by atoms with van der Waals surface area (Å²) in [5, 5.41) is 5.18. The second kappa shape index (κ2) is 4.71. The first kappa shape index (κ1) is 11.9. The highest BCUT2D eigenvalue weighted by atomic mass is 32.1. The maximum absolute atomic E-state index is 12.1. The van der Waals surface area contributed by atoms with E-state index in [1.54, 1.807) is 5.38 Å². The number of nitrogens with one attached hydrogen (secondary N) is 1. The minimum absolute atomic E-state index is 0.145. The zero-order valence-corrected chi connectivity index (χ0v) is 9.50. The number of aromatic nitrogens is 1. The van der Waals surface area contributed by atoms with Gasteiger partial charge in [-0.1, -0.05) is 6.42 Å². The van der Waals surface area contributed by atoms with E-state index in [9.17, 15) is 13.2 Å². The molecule has 6 heteroatoms. The quantitative estimate of drug-likeness (QED) is 0.872. The molecule has 2 heterocycles. The van der Waals surface area contributed by atoms with Crippen LogP contribution in [0.15, 0.2) is 5.38 Å². The zero-order valence-electron chi connectivity index (χ0n) is 8.68. The van der Waals surface area contributed by atoms with Crippen molar-refractivity contribution in [2.75, 3.05) is 6.54 Å². The standard InChI is InChI=1S/C10H13F3N2S/c11-10(12,13)5-9-15-8(6-16-9)7-3-1-2-4-14-7/h6-7,14H,1-5H2. The van der Waals surface area contributed by atoms with Gasteiger partial charge in [0.05, 0.1) is 18.2 Å². The van der Waals surface area contributed by atoms with E-state index in [0.717, 1.165) is 42.8 Å². The number of nitrogens with zero attached hydrogens (tertiary/aromatic N) is 1. The second-order valence-corrected chi connectivity index (χ2v) is 4.90. The van der Waals surface area contributed by atoms with Gasteiger partial charge >= 0.3 is 6.18 Å². The van der Waals surface area contributed by atoms with Crippen LogP contribution < -0.4 is 5.32 Å². The lowest BCUT2D eigenvalue weighted by molar-refractivity contribution is -0.127. The molecule has 1 aromatic rings. The Morgan fingerprint density at radius 3 is 2.88 bits per heavy atom. The van der Waals surface area contributed by atoms with Gasteiger partial charge in [-0.25, -0.2) is 4.98 Å². The molecule has 1 aliphatic heterocycles. The monoisotopic (exact) mass is 250 g/mol. The predicted molar refractivity (Wildman–Crippen MR) is 56.5 cm³/mol. The van der Waals surface area contributed by atoms with Crippen molar-refractivity contribution in [2.45, 2.75) is 37.9 Å². The molecule has 0 bridgehead atoms. The average Bonchev–Trinajstić information content (AvgIpc) is 2.65. The number of hydrogen-bond acceptors (Lipinski definition) is 3. The Hall–Kier alpha value is -0.620. The Bertz CT molecular complexity index is 342. The van der Waals surface area contributed by atoms with Crippen molar-refractivity contribution in [3.8, 4) is 0 Å². The van der Waals surface area contributed by atoms with Gasteiger partial charge < -0.3 is 5.32 Å². The lowest BCUT2D eigenvalue weighted by atomic mass is 10.0. The van der Waals surface area contributed by atoms with Crippen LogP contribution in [0, 0.1) is 0 Å². The second-order valence-electron chi connectivity index (χ2n) is 3.96. The number of alkyl halides is 3. The average molecular weight is 250 g/mol. The first-order valence-electron chi connectivity index (χ1n) is 5.29. The topological polar surface area (TPSA) is 24.9 Å². The molecule has 2 nitrogen and oxygen atoms in total. The summed E-state index contributed by atoms with van der Waals surface area (Å²) in [7, 11) is 0. The van der Waals surface area contributed by atoms with E-state index in [4.69, 9.17) is 0 Å². The molecule has 2 rings (SSSR count). The van der Waals surface area contributed by atoms with Crippen molar-refractivity contribution < 1.29 is 13.2 Å². The summed E-state index contributed by atoms with van der Waals surface area (Å²) in [4.78, 5) is 4.06. The number of piperidine rings is 1. The summed E-state index contributed by atoms with van der Waals surface area (Å²) >= 11 is 1.10. The van der Waals surface area contributed by atoms with Gasteiger partial charge in [-0.3, -0.25) is 0 Å². The maximum atomic E-state index is 12.1. The van der Waals surface area contributed by atoms with Crippen LogP contribution in [0.3, 0.4) is 0 Å². The summed E-state index contributed by atoms with van der Waals surface area (Å²) in [6.07, 6.45) is -1.85. The Morgan fingerprint density at radius 2 is 2.25 bits per heavy atom. The van der Waals surface area contributed by atoms with E-state index < -0.39 is 12.6 Å². The molecule has 1 fully saturated rings. The smallest absolute Gasteiger partial charge is 0.309 e. The largest absolute Gasteiger partial charge is 0.395 e. The molecule has 1 unspecified atom stereocenters. The third-order valence-corrected chi connectivity index (χ3v) is 3.46. The first-order chi connectivity index (χ1) is 7.54. The molecule has 0 aromatic carbocycles. The number of hydrogen-bond donors (Lipinski definition) is 1. The highest BCUT2D eigenvalue weighted by Crippen LogP contribution is 2.27. The molecule has 1 N–H and O–H groups in total. The van der Waals surface area contributed by atoms with Crippen LogP contribution in [0.4, 0.5) is 13.2 Å². The third kappa shape index (κ3) is 3.18. The summed E-state index contributed by atoms with van der Waals surface area (Å²) in [6, 6.07) is 0.145. The normalized spacial score (nSPS) is 22.3. The van der Waals surface area contributed by atoms with Crippen LogP contribution in [0.5, 0.6) is 0 Å². The summed E-state index contributed by atoms with van der Waals surface area (Å²) in [5.74, 6) is 0. The molecule has 1 atom stereocenters. The van der Waals surface area contributed by atoms with Gasteiger partial charge in [0.15, 0.2) is 0 Å². The third-order valence-electron chi connectivity index (χ3n) is 2.59. The van der Waals surface area contributed by atoms with Crippen molar-refractivity contribution in [3.63, 3.8) is 0 Å². The lowest BCUT2D eigenvalue weighted by Gasteiger charge is -2.21.